The fourth-order valence-corrected chi connectivity index (χ4v) is 2.62. The maximum Gasteiger partial charge on any atom is 0.124 e. The van der Waals surface area contributed by atoms with Gasteiger partial charge in [-0.25, -0.2) is 4.98 Å². The van der Waals surface area contributed by atoms with Gasteiger partial charge in [0, 0.05) is 5.56 Å². The number of para-hydroxylation sites is 1. The summed E-state index contributed by atoms with van der Waals surface area (Å²) in [6.45, 7) is 4.16. The van der Waals surface area contributed by atoms with Gasteiger partial charge >= 0.3 is 0 Å². The van der Waals surface area contributed by atoms with Crippen LogP contribution in [0.15, 0.2) is 41.0 Å². The molecule has 0 aliphatic carbocycles. The summed E-state index contributed by atoms with van der Waals surface area (Å²) < 4.78 is 6.30. The van der Waals surface area contributed by atoms with Gasteiger partial charge in [-0.05, 0) is 47.5 Å². The molecule has 0 saturated heterocycles. The Bertz CT molecular complexity index is 586. The number of hydrogen-bond acceptors (Lipinski definition) is 3. The molecule has 0 spiro atoms. The third-order valence-corrected chi connectivity index (χ3v) is 3.75. The topological polar surface area (TPSA) is 34.2 Å². The lowest BCUT2D eigenvalue weighted by molar-refractivity contribution is 0.406. The summed E-state index contributed by atoms with van der Waals surface area (Å²) in [5.41, 5.74) is 3.19. The lowest BCUT2D eigenvalue weighted by Gasteiger charge is -2.21. The van der Waals surface area contributed by atoms with Crippen LogP contribution in [0, 0.1) is 6.92 Å². The first-order valence-electron chi connectivity index (χ1n) is 6.68. The van der Waals surface area contributed by atoms with Crippen LogP contribution in [-0.4, -0.2) is 12.1 Å². The first-order valence-corrected chi connectivity index (χ1v) is 7.47. The van der Waals surface area contributed by atoms with Gasteiger partial charge in [-0.15, -0.1) is 0 Å². The van der Waals surface area contributed by atoms with Crippen LogP contribution < -0.4 is 10.1 Å². The Kier molecular flexibility index (Phi) is 5.01. The molecular formula is C16H19BrN2O. The fourth-order valence-electron chi connectivity index (χ4n) is 2.22. The SMILES string of the molecule is CCC(Nc1ccc(Br)nc1C)c1ccccc1OC. The molecule has 4 heteroatoms. The average Bonchev–Trinajstić information content (AvgIpc) is 2.46. The van der Waals surface area contributed by atoms with Crippen LogP contribution >= 0.6 is 15.9 Å². The monoisotopic (exact) mass is 334 g/mol. The highest BCUT2D eigenvalue weighted by Crippen LogP contribution is 2.30. The fraction of sp³-hybridized carbons (Fsp3) is 0.312. The Balaban J connectivity index is 2.29. The second kappa shape index (κ2) is 6.75. The van der Waals surface area contributed by atoms with E-state index in [4.69, 9.17) is 4.74 Å². The zero-order valence-electron chi connectivity index (χ0n) is 12.0. The first kappa shape index (κ1) is 14.9. The van der Waals surface area contributed by atoms with E-state index in [1.807, 2.05) is 37.3 Å². The molecule has 1 unspecified atom stereocenters. The van der Waals surface area contributed by atoms with Crippen molar-refractivity contribution in [3.05, 3.63) is 52.3 Å². The Morgan fingerprint density at radius 1 is 1.25 bits per heavy atom. The van der Waals surface area contributed by atoms with E-state index in [0.717, 1.165) is 28.2 Å². The summed E-state index contributed by atoms with van der Waals surface area (Å²) in [4.78, 5) is 4.42. The van der Waals surface area contributed by atoms with Gasteiger partial charge in [-0.3, -0.25) is 0 Å². The average molecular weight is 335 g/mol. The van der Waals surface area contributed by atoms with Crippen molar-refractivity contribution < 1.29 is 4.74 Å². The second-order valence-electron chi connectivity index (χ2n) is 4.61. The van der Waals surface area contributed by atoms with E-state index in [2.05, 4.69) is 39.2 Å². The number of nitrogens with zero attached hydrogens (tertiary/aromatic N) is 1. The molecule has 0 saturated carbocycles. The van der Waals surface area contributed by atoms with E-state index in [9.17, 15) is 0 Å². The number of aryl methyl sites for hydroxylation is 1. The number of halogens is 1. The van der Waals surface area contributed by atoms with Crippen molar-refractivity contribution in [2.75, 3.05) is 12.4 Å². The molecule has 0 aliphatic heterocycles. The van der Waals surface area contributed by atoms with Crippen molar-refractivity contribution in [2.24, 2.45) is 0 Å². The van der Waals surface area contributed by atoms with Crippen LogP contribution in [0.3, 0.4) is 0 Å². The van der Waals surface area contributed by atoms with E-state index in [1.54, 1.807) is 7.11 Å². The molecule has 0 aliphatic rings. The molecule has 0 fully saturated rings. The van der Waals surface area contributed by atoms with Gasteiger partial charge in [0.2, 0.25) is 0 Å². The lowest BCUT2D eigenvalue weighted by Crippen LogP contribution is -2.12. The van der Waals surface area contributed by atoms with Crippen molar-refractivity contribution in [1.29, 1.82) is 0 Å². The number of hydrogen-bond donors (Lipinski definition) is 1. The van der Waals surface area contributed by atoms with Crippen LogP contribution in [0.4, 0.5) is 5.69 Å². The van der Waals surface area contributed by atoms with Crippen LogP contribution in [-0.2, 0) is 0 Å². The molecular weight excluding hydrogens is 316 g/mol. The Labute approximate surface area is 128 Å². The molecule has 0 amide bonds. The molecule has 2 aromatic rings. The molecule has 1 heterocycles. The number of ether oxygens (including phenoxy) is 1. The molecule has 3 nitrogen and oxygen atoms in total. The van der Waals surface area contributed by atoms with Gasteiger partial charge < -0.3 is 10.1 Å². The Hall–Kier alpha value is -1.55. The first-order chi connectivity index (χ1) is 9.65. The lowest BCUT2D eigenvalue weighted by atomic mass is 10.0. The Morgan fingerprint density at radius 2 is 2.00 bits per heavy atom. The highest BCUT2D eigenvalue weighted by molar-refractivity contribution is 9.10. The number of nitrogens with one attached hydrogen (secondary N) is 1. The minimum absolute atomic E-state index is 0.202. The van der Waals surface area contributed by atoms with Gasteiger partial charge in [0.25, 0.3) is 0 Å². The van der Waals surface area contributed by atoms with Gasteiger partial charge in [0.05, 0.1) is 24.5 Å². The number of aromatic nitrogens is 1. The predicted molar refractivity (Wildman–Crippen MR) is 86.3 cm³/mol. The summed E-state index contributed by atoms with van der Waals surface area (Å²) in [5, 5.41) is 3.55. The third-order valence-electron chi connectivity index (χ3n) is 3.30. The molecule has 0 bridgehead atoms. The maximum absolute atomic E-state index is 5.45. The standard InChI is InChI=1S/C16H19BrN2O/c1-4-13(12-7-5-6-8-15(12)20-3)19-14-9-10-16(17)18-11(14)2/h5-10,13,19H,4H2,1-3H3. The maximum atomic E-state index is 5.45. The summed E-state index contributed by atoms with van der Waals surface area (Å²) in [6.07, 6.45) is 0.968. The van der Waals surface area contributed by atoms with Gasteiger partial charge in [-0.2, -0.15) is 0 Å². The molecule has 106 valence electrons. The molecule has 20 heavy (non-hydrogen) atoms. The third kappa shape index (κ3) is 3.31. The van der Waals surface area contributed by atoms with Crippen molar-refractivity contribution in [3.63, 3.8) is 0 Å². The van der Waals surface area contributed by atoms with E-state index in [1.165, 1.54) is 5.56 Å². The van der Waals surface area contributed by atoms with Gasteiger partial charge in [0.15, 0.2) is 0 Å². The quantitative estimate of drug-likeness (QED) is 0.803. The highest BCUT2D eigenvalue weighted by Gasteiger charge is 2.15. The van der Waals surface area contributed by atoms with Gasteiger partial charge in [0.1, 0.15) is 10.4 Å². The smallest absolute Gasteiger partial charge is 0.124 e. The van der Waals surface area contributed by atoms with Crippen molar-refractivity contribution >= 4 is 21.6 Å². The normalized spacial score (nSPS) is 12.0. The summed E-state index contributed by atoms with van der Waals surface area (Å²) in [6, 6.07) is 12.3. The number of methoxy groups -OCH3 is 1. The van der Waals surface area contributed by atoms with Crippen molar-refractivity contribution in [2.45, 2.75) is 26.3 Å². The van der Waals surface area contributed by atoms with E-state index in [-0.39, 0.29) is 6.04 Å². The van der Waals surface area contributed by atoms with Crippen molar-refractivity contribution in [1.82, 2.24) is 4.98 Å². The second-order valence-corrected chi connectivity index (χ2v) is 5.43. The zero-order valence-corrected chi connectivity index (χ0v) is 13.6. The summed E-state index contributed by atoms with van der Waals surface area (Å²) >= 11 is 3.39. The molecule has 1 aromatic heterocycles. The number of rotatable bonds is 5. The van der Waals surface area contributed by atoms with Crippen LogP contribution in [0.1, 0.15) is 30.6 Å². The number of pyridine rings is 1. The number of anilines is 1. The number of benzene rings is 1. The van der Waals surface area contributed by atoms with E-state index < -0.39 is 0 Å². The molecule has 1 atom stereocenters. The van der Waals surface area contributed by atoms with E-state index in [0.29, 0.717) is 0 Å². The van der Waals surface area contributed by atoms with Gasteiger partial charge in [-0.1, -0.05) is 25.1 Å². The van der Waals surface area contributed by atoms with Crippen molar-refractivity contribution in [3.8, 4) is 5.75 Å². The van der Waals surface area contributed by atoms with Crippen LogP contribution in [0.5, 0.6) is 5.75 Å². The largest absolute Gasteiger partial charge is 0.496 e. The minimum atomic E-state index is 0.202. The zero-order chi connectivity index (χ0) is 14.5. The molecule has 0 radical (unpaired) electrons. The molecule has 1 N–H and O–H groups in total. The van der Waals surface area contributed by atoms with Crippen LogP contribution in [0.2, 0.25) is 0 Å². The Morgan fingerprint density at radius 3 is 2.65 bits per heavy atom. The summed E-state index contributed by atoms with van der Waals surface area (Å²) in [7, 11) is 1.71. The minimum Gasteiger partial charge on any atom is -0.496 e. The molecule has 1 aromatic carbocycles. The highest BCUT2D eigenvalue weighted by atomic mass is 79.9. The molecule has 2 rings (SSSR count). The summed E-state index contributed by atoms with van der Waals surface area (Å²) in [5.74, 6) is 0.912. The van der Waals surface area contributed by atoms with Crippen LogP contribution in [0.25, 0.3) is 0 Å². The predicted octanol–water partition coefficient (Wildman–Crippen LogP) is 4.72. The van der Waals surface area contributed by atoms with E-state index >= 15 is 0 Å².